The van der Waals surface area contributed by atoms with Crippen molar-refractivity contribution in [2.45, 2.75) is 25.8 Å². The molecule has 0 aliphatic carbocycles. The molecule has 0 spiro atoms. The van der Waals surface area contributed by atoms with E-state index in [1.54, 1.807) is 11.1 Å². The van der Waals surface area contributed by atoms with Crippen LogP contribution in [0.5, 0.6) is 5.75 Å². The number of amides is 1. The van der Waals surface area contributed by atoms with Crippen LogP contribution in [0.25, 0.3) is 22.6 Å². The molecule has 0 saturated carbocycles. The summed E-state index contributed by atoms with van der Waals surface area (Å²) in [7, 11) is 0. The van der Waals surface area contributed by atoms with Crippen LogP contribution in [0, 0.1) is 0 Å². The number of pyridine rings is 1. The zero-order valence-electron chi connectivity index (χ0n) is 17.4. The molecule has 0 unspecified atom stereocenters. The highest BCUT2D eigenvalue weighted by Gasteiger charge is 2.22. The van der Waals surface area contributed by atoms with Crippen molar-refractivity contribution in [3.05, 3.63) is 41.0 Å². The molecule has 8 nitrogen and oxygen atoms in total. The lowest BCUT2D eigenvalue weighted by atomic mass is 10.1. The monoisotopic (exact) mass is 487 g/mol. The van der Waals surface area contributed by atoms with Gasteiger partial charge in [0, 0.05) is 41.9 Å². The number of nitrogens with one attached hydrogen (secondary N) is 2. The first-order valence-corrected chi connectivity index (χ1v) is 11.3. The highest BCUT2D eigenvalue weighted by Crippen LogP contribution is 2.23. The van der Waals surface area contributed by atoms with E-state index in [4.69, 9.17) is 9.47 Å². The first-order valence-electron chi connectivity index (χ1n) is 10.5. The molecule has 0 bridgehead atoms. The van der Waals surface area contributed by atoms with Crippen LogP contribution >= 0.6 is 15.9 Å². The van der Waals surface area contributed by atoms with Crippen molar-refractivity contribution < 1.29 is 14.3 Å². The number of aromatic amines is 1. The summed E-state index contributed by atoms with van der Waals surface area (Å²) >= 11 is 3.42. The Morgan fingerprint density at radius 3 is 2.81 bits per heavy atom. The fourth-order valence-electron chi connectivity index (χ4n) is 3.63. The Bertz CT molecular complexity index is 1020. The summed E-state index contributed by atoms with van der Waals surface area (Å²) in [5.41, 5.74) is 2.56. The van der Waals surface area contributed by atoms with Crippen LogP contribution in [0.4, 0.5) is 4.79 Å². The number of aromatic nitrogens is 3. The highest BCUT2D eigenvalue weighted by atomic mass is 79.9. The summed E-state index contributed by atoms with van der Waals surface area (Å²) in [5.74, 6) is 1.60. The number of nitrogens with zero attached hydrogens (tertiary/aromatic N) is 3. The van der Waals surface area contributed by atoms with Gasteiger partial charge in [-0.2, -0.15) is 0 Å². The summed E-state index contributed by atoms with van der Waals surface area (Å²) in [6.07, 6.45) is 3.38. The second-order valence-electron chi connectivity index (χ2n) is 7.40. The Kier molecular flexibility index (Phi) is 7.03. The van der Waals surface area contributed by atoms with Crippen molar-refractivity contribution in [1.82, 2.24) is 25.2 Å². The van der Waals surface area contributed by atoms with Crippen molar-refractivity contribution in [2.24, 2.45) is 0 Å². The van der Waals surface area contributed by atoms with E-state index in [2.05, 4.69) is 36.2 Å². The number of hydrogen-bond donors (Lipinski definition) is 2. The Balaban J connectivity index is 1.21. The largest absolute Gasteiger partial charge is 0.492 e. The van der Waals surface area contributed by atoms with E-state index in [0.29, 0.717) is 24.9 Å². The van der Waals surface area contributed by atoms with Crippen LogP contribution in [0.3, 0.4) is 0 Å². The Morgan fingerprint density at radius 1 is 1.29 bits per heavy atom. The summed E-state index contributed by atoms with van der Waals surface area (Å²) in [6.45, 7) is 5.05. The quantitative estimate of drug-likeness (QED) is 0.489. The van der Waals surface area contributed by atoms with Crippen LogP contribution in [0.2, 0.25) is 0 Å². The van der Waals surface area contributed by atoms with Gasteiger partial charge in [-0.15, -0.1) is 0 Å². The van der Waals surface area contributed by atoms with E-state index in [1.165, 1.54) is 0 Å². The molecule has 1 aliphatic rings. The number of benzene rings is 1. The van der Waals surface area contributed by atoms with Crippen LogP contribution in [-0.4, -0.2) is 64.8 Å². The Labute approximate surface area is 189 Å². The molecule has 4 rings (SSSR count). The normalized spacial score (nSPS) is 14.7. The number of piperidine rings is 1. The summed E-state index contributed by atoms with van der Waals surface area (Å²) in [6, 6.07) is 10.2. The lowest BCUT2D eigenvalue weighted by Gasteiger charge is -2.31. The van der Waals surface area contributed by atoms with Crippen molar-refractivity contribution in [3.63, 3.8) is 0 Å². The summed E-state index contributed by atoms with van der Waals surface area (Å²) in [5, 5.41) is 3.51. The average molecular weight is 488 g/mol. The van der Waals surface area contributed by atoms with Crippen molar-refractivity contribution in [1.29, 1.82) is 0 Å². The molecular formula is C22H26BrN5O3. The van der Waals surface area contributed by atoms with Crippen molar-refractivity contribution in [3.8, 4) is 17.1 Å². The number of halogens is 1. The van der Waals surface area contributed by atoms with E-state index >= 15 is 0 Å². The van der Waals surface area contributed by atoms with Crippen LogP contribution < -0.4 is 10.1 Å². The van der Waals surface area contributed by atoms with Gasteiger partial charge in [0.05, 0.1) is 12.1 Å². The van der Waals surface area contributed by atoms with Gasteiger partial charge in [-0.25, -0.2) is 14.8 Å². The van der Waals surface area contributed by atoms with E-state index < -0.39 is 0 Å². The average Bonchev–Trinajstić information content (AvgIpc) is 3.21. The smallest absolute Gasteiger partial charge is 0.409 e. The van der Waals surface area contributed by atoms with Gasteiger partial charge in [-0.1, -0.05) is 0 Å². The molecule has 164 valence electrons. The van der Waals surface area contributed by atoms with Gasteiger partial charge in [0.2, 0.25) is 0 Å². The third kappa shape index (κ3) is 5.54. The van der Waals surface area contributed by atoms with Gasteiger partial charge in [0.15, 0.2) is 5.65 Å². The standard InChI is InChI=1S/C22H26BrN5O3/c1-2-30-22(29)28-10-7-17(8-11-28)24-9-12-31-18-5-3-15(4-6-18)20-26-19-13-16(23)14-25-21(19)27-20/h3-6,13-14,17,24H,2,7-12H2,1H3,(H,25,26,27). The Hall–Kier alpha value is -2.65. The fourth-order valence-corrected chi connectivity index (χ4v) is 3.96. The SMILES string of the molecule is CCOC(=O)N1CCC(NCCOc2ccc(-c3nc4ncc(Br)cc4[nH]3)cc2)CC1. The van der Waals surface area contributed by atoms with E-state index in [9.17, 15) is 4.79 Å². The molecule has 9 heteroatoms. The van der Waals surface area contributed by atoms with Crippen LogP contribution in [0.15, 0.2) is 41.0 Å². The zero-order valence-corrected chi connectivity index (χ0v) is 19.0. The van der Waals surface area contributed by atoms with Gasteiger partial charge in [0.1, 0.15) is 18.2 Å². The number of likely N-dealkylation sites (tertiary alicyclic amines) is 1. The molecule has 2 N–H and O–H groups in total. The molecule has 1 aliphatic heterocycles. The maximum Gasteiger partial charge on any atom is 0.409 e. The molecule has 3 heterocycles. The van der Waals surface area contributed by atoms with Crippen molar-refractivity contribution >= 4 is 33.2 Å². The summed E-state index contributed by atoms with van der Waals surface area (Å²) < 4.78 is 11.8. The Morgan fingerprint density at radius 2 is 2.06 bits per heavy atom. The minimum Gasteiger partial charge on any atom is -0.492 e. The highest BCUT2D eigenvalue weighted by molar-refractivity contribution is 9.10. The third-order valence-corrected chi connectivity index (χ3v) is 5.69. The first kappa shape index (κ1) is 21.6. The predicted octanol–water partition coefficient (Wildman–Crippen LogP) is 3.98. The molecule has 1 amide bonds. The van der Waals surface area contributed by atoms with E-state index in [-0.39, 0.29) is 6.09 Å². The van der Waals surface area contributed by atoms with E-state index in [1.807, 2.05) is 37.3 Å². The minimum absolute atomic E-state index is 0.209. The van der Waals surface area contributed by atoms with Gasteiger partial charge >= 0.3 is 6.09 Å². The number of imidazole rings is 1. The zero-order chi connectivity index (χ0) is 21.6. The maximum absolute atomic E-state index is 11.7. The summed E-state index contributed by atoms with van der Waals surface area (Å²) in [4.78, 5) is 25.7. The molecule has 3 aromatic rings. The number of ether oxygens (including phenoxy) is 2. The lowest BCUT2D eigenvalue weighted by Crippen LogP contribution is -2.45. The molecule has 1 saturated heterocycles. The number of fused-ring (bicyclic) bond motifs is 1. The topological polar surface area (TPSA) is 92.4 Å². The molecule has 2 aromatic heterocycles. The lowest BCUT2D eigenvalue weighted by molar-refractivity contribution is 0.0948. The molecule has 1 aromatic carbocycles. The van der Waals surface area contributed by atoms with Crippen LogP contribution in [-0.2, 0) is 4.74 Å². The second-order valence-corrected chi connectivity index (χ2v) is 8.31. The molecule has 31 heavy (non-hydrogen) atoms. The van der Waals surface area contributed by atoms with Gasteiger partial charge in [0.25, 0.3) is 0 Å². The third-order valence-electron chi connectivity index (χ3n) is 5.26. The number of H-pyrrole nitrogens is 1. The first-order chi connectivity index (χ1) is 15.1. The fraction of sp³-hybridized carbons (Fsp3) is 0.409. The van der Waals surface area contributed by atoms with Gasteiger partial charge < -0.3 is 24.7 Å². The van der Waals surface area contributed by atoms with Crippen molar-refractivity contribution in [2.75, 3.05) is 32.8 Å². The second kappa shape index (κ2) is 10.1. The molecule has 0 radical (unpaired) electrons. The van der Waals surface area contributed by atoms with Gasteiger partial charge in [-0.05, 0) is 66.0 Å². The van der Waals surface area contributed by atoms with Gasteiger partial charge in [-0.3, -0.25) is 0 Å². The maximum atomic E-state index is 11.7. The molecule has 1 fully saturated rings. The number of carbonyl (C=O) groups excluding carboxylic acids is 1. The van der Waals surface area contributed by atoms with Crippen LogP contribution in [0.1, 0.15) is 19.8 Å². The molecule has 0 atom stereocenters. The molecular weight excluding hydrogens is 462 g/mol. The minimum atomic E-state index is -0.209. The number of carbonyl (C=O) groups is 1. The van der Waals surface area contributed by atoms with E-state index in [0.717, 1.165) is 59.6 Å². The number of hydrogen-bond acceptors (Lipinski definition) is 6. The number of rotatable bonds is 7. The predicted molar refractivity (Wildman–Crippen MR) is 122 cm³/mol.